The molecule has 2 aliphatic rings. The monoisotopic (exact) mass is 658 g/mol. The Morgan fingerprint density at radius 3 is 2.70 bits per heavy atom. The minimum Gasteiger partial charge on any atom is -0.457 e. The summed E-state index contributed by atoms with van der Waals surface area (Å²) in [7, 11) is 1.37. The zero-order valence-corrected chi connectivity index (χ0v) is 26.4. The first kappa shape index (κ1) is 31.5. The summed E-state index contributed by atoms with van der Waals surface area (Å²) in [6, 6.07) is 15.7. The summed E-state index contributed by atoms with van der Waals surface area (Å²) in [4.78, 5) is 59.2. The second-order valence-corrected chi connectivity index (χ2v) is 11.9. The number of aromatic nitrogens is 1. The minimum absolute atomic E-state index is 0.0925. The molecule has 3 N–H and O–H groups in total. The average molecular weight is 659 g/mol. The number of carbonyl (C=O) groups excluding carboxylic acids is 4. The predicted molar refractivity (Wildman–Crippen MR) is 175 cm³/mol. The van der Waals surface area contributed by atoms with Gasteiger partial charge in [0.2, 0.25) is 0 Å². The summed E-state index contributed by atoms with van der Waals surface area (Å²) in [5.41, 5.74) is 2.40. The van der Waals surface area contributed by atoms with Gasteiger partial charge in [-0.3, -0.25) is 14.5 Å². The summed E-state index contributed by atoms with van der Waals surface area (Å²) >= 11 is 1.15. The van der Waals surface area contributed by atoms with Crippen LogP contribution in [0.5, 0.6) is 11.5 Å². The Kier molecular flexibility index (Phi) is 9.02. The number of piperidine rings is 1. The number of anilines is 3. The number of nitrogens with zero attached hydrogens (tertiary/aromatic N) is 3. The van der Waals surface area contributed by atoms with Crippen molar-refractivity contribution in [2.24, 2.45) is 0 Å². The number of ether oxygens (including phenoxy) is 2. The largest absolute Gasteiger partial charge is 0.457 e. The van der Waals surface area contributed by atoms with Crippen LogP contribution in [0.4, 0.5) is 31.0 Å². The number of nitrogens with one attached hydrogen (secondary N) is 3. The Morgan fingerprint density at radius 1 is 1.13 bits per heavy atom. The fraction of sp³-hybridized carbons (Fsp3) is 0.242. The number of halogens is 1. The van der Waals surface area contributed by atoms with E-state index in [-0.39, 0.29) is 11.4 Å². The molecule has 242 valence electrons. The molecule has 1 unspecified atom stereocenters. The molecule has 0 radical (unpaired) electrons. The lowest BCUT2D eigenvalue weighted by molar-refractivity contribution is -0.130. The Bertz CT molecular complexity index is 1900. The Morgan fingerprint density at radius 2 is 1.94 bits per heavy atom. The zero-order valence-electron chi connectivity index (χ0n) is 25.5. The third kappa shape index (κ3) is 6.58. The van der Waals surface area contributed by atoms with Gasteiger partial charge in [-0.05, 0) is 67.8 Å². The molecule has 47 heavy (non-hydrogen) atoms. The molecule has 0 spiro atoms. The number of thiophene rings is 1. The molecular formula is C33H31FN6O6S. The number of rotatable bonds is 8. The van der Waals surface area contributed by atoms with E-state index >= 15 is 0 Å². The molecule has 1 saturated heterocycles. The fourth-order valence-corrected chi connectivity index (χ4v) is 6.60. The van der Waals surface area contributed by atoms with Crippen LogP contribution in [0.25, 0.3) is 10.2 Å². The van der Waals surface area contributed by atoms with E-state index in [2.05, 4.69) is 20.9 Å². The van der Waals surface area contributed by atoms with Gasteiger partial charge in [0.25, 0.3) is 11.8 Å². The smallest absolute Gasteiger partial charge is 0.407 e. The number of likely N-dealkylation sites (tertiary alicyclic amines) is 1. The molecule has 2 aromatic heterocycles. The molecule has 0 aliphatic carbocycles. The van der Waals surface area contributed by atoms with Gasteiger partial charge in [0.05, 0.1) is 22.4 Å². The van der Waals surface area contributed by atoms with Crippen molar-refractivity contribution in [3.63, 3.8) is 0 Å². The van der Waals surface area contributed by atoms with Gasteiger partial charge in [-0.15, -0.1) is 11.3 Å². The summed E-state index contributed by atoms with van der Waals surface area (Å²) in [5, 5.41) is 8.72. The van der Waals surface area contributed by atoms with Crippen molar-refractivity contribution in [3.05, 3.63) is 83.1 Å². The quantitative estimate of drug-likeness (QED) is 0.197. The minimum atomic E-state index is -1.05. The summed E-state index contributed by atoms with van der Waals surface area (Å²) in [6.45, 7) is 1.90. The van der Waals surface area contributed by atoms with Gasteiger partial charge in [-0.1, -0.05) is 18.2 Å². The number of para-hydroxylation sites is 1. The topological polar surface area (TPSA) is 142 Å². The van der Waals surface area contributed by atoms with E-state index < -0.39 is 42.4 Å². The summed E-state index contributed by atoms with van der Waals surface area (Å²) in [6.07, 6.45) is 2.87. The third-order valence-electron chi connectivity index (χ3n) is 7.77. The highest BCUT2D eigenvalue weighted by Crippen LogP contribution is 2.46. The van der Waals surface area contributed by atoms with Crippen molar-refractivity contribution < 1.29 is 33.0 Å². The number of alkyl carbamates (subject to hydrolysis) is 1. The molecule has 12 nitrogen and oxygen atoms in total. The highest BCUT2D eigenvalue weighted by molar-refractivity contribution is 7.21. The van der Waals surface area contributed by atoms with E-state index in [9.17, 15) is 23.6 Å². The van der Waals surface area contributed by atoms with Crippen LogP contribution in [0, 0.1) is 6.92 Å². The highest BCUT2D eigenvalue weighted by atomic mass is 32.1. The molecule has 1 fully saturated rings. The molecule has 4 aromatic rings. The SMILES string of the molecule is CNC(=O)OCC=C(F)C(=O)N1CCCC(NC(=O)c2sc3nccc4c3c2NC(=O)N4c2ccc(Oc3ccccc3)cc2C)C1. The van der Waals surface area contributed by atoms with E-state index in [1.54, 1.807) is 23.2 Å². The lowest BCUT2D eigenvalue weighted by atomic mass is 10.0. The van der Waals surface area contributed by atoms with Crippen LogP contribution in [0.3, 0.4) is 0 Å². The van der Waals surface area contributed by atoms with Crippen LogP contribution < -0.4 is 25.6 Å². The van der Waals surface area contributed by atoms with Crippen molar-refractivity contribution in [3.8, 4) is 11.5 Å². The van der Waals surface area contributed by atoms with Crippen LogP contribution >= 0.6 is 11.3 Å². The highest BCUT2D eigenvalue weighted by Gasteiger charge is 2.34. The molecular weight excluding hydrogens is 627 g/mol. The van der Waals surface area contributed by atoms with Crippen molar-refractivity contribution in [1.82, 2.24) is 20.5 Å². The predicted octanol–water partition coefficient (Wildman–Crippen LogP) is 6.01. The maximum atomic E-state index is 14.5. The molecule has 4 heterocycles. The number of pyridine rings is 1. The first-order valence-electron chi connectivity index (χ1n) is 14.9. The van der Waals surface area contributed by atoms with Crippen LogP contribution in [-0.2, 0) is 9.53 Å². The second kappa shape index (κ2) is 13.5. The molecule has 5 amide bonds. The van der Waals surface area contributed by atoms with E-state index in [4.69, 9.17) is 9.47 Å². The molecule has 2 aliphatic heterocycles. The lowest BCUT2D eigenvalue weighted by Crippen LogP contribution is -2.49. The number of carbonyl (C=O) groups is 4. The van der Waals surface area contributed by atoms with E-state index in [1.165, 1.54) is 11.9 Å². The first-order chi connectivity index (χ1) is 22.7. The molecule has 2 aromatic carbocycles. The fourth-order valence-electron chi connectivity index (χ4n) is 5.58. The summed E-state index contributed by atoms with van der Waals surface area (Å²) < 4.78 is 25.2. The first-order valence-corrected chi connectivity index (χ1v) is 15.7. The average Bonchev–Trinajstić information content (AvgIpc) is 3.45. The maximum Gasteiger partial charge on any atom is 0.407 e. The Labute approximate surface area is 273 Å². The number of urea groups is 1. The van der Waals surface area contributed by atoms with Crippen molar-refractivity contribution >= 4 is 62.6 Å². The van der Waals surface area contributed by atoms with Gasteiger partial charge < -0.3 is 30.3 Å². The van der Waals surface area contributed by atoms with Gasteiger partial charge in [0.15, 0.2) is 5.83 Å². The van der Waals surface area contributed by atoms with Crippen molar-refractivity contribution in [2.75, 3.05) is 37.0 Å². The van der Waals surface area contributed by atoms with Crippen LogP contribution in [-0.4, -0.2) is 66.6 Å². The standard InChI is InChI=1S/C33H31FN6O6S/c1-19-17-22(46-21-8-4-3-5-9-21)10-11-24(19)40-25-12-14-36-30-26(25)27(38-32(40)43)28(47-30)29(41)37-20-7-6-15-39(18-20)31(42)23(34)13-16-45-33(44)35-2/h3-5,8-14,17,20H,6-7,15-16,18H2,1-2H3,(H,35,44)(H,37,41)(H,38,43). The van der Waals surface area contributed by atoms with E-state index in [0.29, 0.717) is 58.2 Å². The van der Waals surface area contributed by atoms with E-state index in [0.717, 1.165) is 23.0 Å². The van der Waals surface area contributed by atoms with Crippen LogP contribution in [0.15, 0.2) is 72.7 Å². The van der Waals surface area contributed by atoms with Crippen molar-refractivity contribution in [1.29, 1.82) is 0 Å². The van der Waals surface area contributed by atoms with Gasteiger partial charge in [0.1, 0.15) is 27.8 Å². The number of hydrogen-bond acceptors (Lipinski definition) is 8. The van der Waals surface area contributed by atoms with Crippen molar-refractivity contribution in [2.45, 2.75) is 25.8 Å². The van der Waals surface area contributed by atoms with E-state index in [1.807, 2.05) is 49.4 Å². The van der Waals surface area contributed by atoms with Crippen LogP contribution in [0.1, 0.15) is 28.1 Å². The number of aryl methyl sites for hydroxylation is 1. The van der Waals surface area contributed by atoms with Gasteiger partial charge in [-0.2, -0.15) is 0 Å². The Hall–Kier alpha value is -5.50. The number of amides is 5. The maximum absolute atomic E-state index is 14.5. The third-order valence-corrected chi connectivity index (χ3v) is 8.87. The van der Waals surface area contributed by atoms with Gasteiger partial charge in [-0.25, -0.2) is 19.0 Å². The second-order valence-electron chi connectivity index (χ2n) is 10.9. The van der Waals surface area contributed by atoms with Gasteiger partial charge >= 0.3 is 12.1 Å². The molecule has 14 heteroatoms. The zero-order chi connectivity index (χ0) is 33.1. The molecule has 6 rings (SSSR count). The normalized spacial score (nSPS) is 16.0. The summed E-state index contributed by atoms with van der Waals surface area (Å²) in [5.74, 6) is -1.01. The Balaban J connectivity index is 1.19. The molecule has 0 bridgehead atoms. The van der Waals surface area contributed by atoms with Crippen LogP contribution in [0.2, 0.25) is 0 Å². The lowest BCUT2D eigenvalue weighted by Gasteiger charge is -2.33. The molecule has 1 atom stereocenters. The number of hydrogen-bond donors (Lipinski definition) is 3. The molecule has 0 saturated carbocycles. The number of benzene rings is 2. The van der Waals surface area contributed by atoms with Gasteiger partial charge in [0, 0.05) is 32.4 Å².